The smallest absolute Gasteiger partial charge is 0.407 e. The Morgan fingerprint density at radius 1 is 1.29 bits per heavy atom. The number of carbonyl (C=O) groups is 1. The van der Waals surface area contributed by atoms with Crippen LogP contribution in [0, 0.1) is 0 Å². The number of nitrogens with zero attached hydrogens (tertiary/aromatic N) is 2. The molecule has 124 valence electrons. The van der Waals surface area contributed by atoms with Crippen LogP contribution >= 0.6 is 0 Å². The maximum atomic E-state index is 11.7. The Morgan fingerprint density at radius 3 is 2.38 bits per heavy atom. The molecule has 0 aromatic heterocycles. The molecular formula is C15H32N4O2. The van der Waals surface area contributed by atoms with Crippen molar-refractivity contribution in [1.82, 2.24) is 15.1 Å². The molecule has 1 heterocycles. The fraction of sp³-hybridized carbons (Fsp3) is 0.933. The van der Waals surface area contributed by atoms with E-state index in [-0.39, 0.29) is 12.1 Å². The molecule has 1 rings (SSSR count). The van der Waals surface area contributed by atoms with E-state index in [2.05, 4.69) is 22.0 Å². The summed E-state index contributed by atoms with van der Waals surface area (Å²) in [7, 11) is 0. The summed E-state index contributed by atoms with van der Waals surface area (Å²) in [6.07, 6.45) is 0.825. The molecule has 0 saturated carbocycles. The van der Waals surface area contributed by atoms with Crippen LogP contribution in [0.15, 0.2) is 0 Å². The first-order valence-electron chi connectivity index (χ1n) is 7.99. The lowest BCUT2D eigenvalue weighted by molar-refractivity contribution is 0.0488. The molecule has 1 atom stereocenters. The van der Waals surface area contributed by atoms with E-state index in [0.29, 0.717) is 13.1 Å². The van der Waals surface area contributed by atoms with Gasteiger partial charge in [-0.25, -0.2) is 4.79 Å². The second-order valence-electron chi connectivity index (χ2n) is 6.65. The van der Waals surface area contributed by atoms with Crippen molar-refractivity contribution >= 4 is 6.09 Å². The van der Waals surface area contributed by atoms with E-state index < -0.39 is 5.60 Å². The lowest BCUT2D eigenvalue weighted by Gasteiger charge is -2.39. The van der Waals surface area contributed by atoms with E-state index in [9.17, 15) is 4.79 Å². The Balaban J connectivity index is 2.33. The SMILES string of the molecule is CCCN1CCN(C(CN)CNC(=O)OC(C)(C)C)CC1. The number of ether oxygens (including phenoxy) is 1. The van der Waals surface area contributed by atoms with Gasteiger partial charge in [-0.1, -0.05) is 6.92 Å². The van der Waals surface area contributed by atoms with Crippen molar-refractivity contribution in [3.63, 3.8) is 0 Å². The first-order valence-corrected chi connectivity index (χ1v) is 7.99. The topological polar surface area (TPSA) is 70.8 Å². The van der Waals surface area contributed by atoms with Crippen molar-refractivity contribution in [3.8, 4) is 0 Å². The van der Waals surface area contributed by atoms with E-state index in [1.807, 2.05) is 20.8 Å². The quantitative estimate of drug-likeness (QED) is 0.761. The average molecular weight is 300 g/mol. The van der Waals surface area contributed by atoms with Crippen molar-refractivity contribution < 1.29 is 9.53 Å². The summed E-state index contributed by atoms with van der Waals surface area (Å²) < 4.78 is 5.25. The third-order valence-corrected chi connectivity index (χ3v) is 3.62. The van der Waals surface area contributed by atoms with Gasteiger partial charge in [0.15, 0.2) is 0 Å². The predicted molar refractivity (Wildman–Crippen MR) is 85.4 cm³/mol. The van der Waals surface area contributed by atoms with Gasteiger partial charge in [0.1, 0.15) is 5.60 Å². The van der Waals surface area contributed by atoms with Gasteiger partial charge in [-0.2, -0.15) is 0 Å². The first-order chi connectivity index (χ1) is 9.85. The molecule has 0 aromatic rings. The second kappa shape index (κ2) is 8.56. The number of hydrogen-bond donors (Lipinski definition) is 2. The van der Waals surface area contributed by atoms with E-state index >= 15 is 0 Å². The largest absolute Gasteiger partial charge is 0.444 e. The van der Waals surface area contributed by atoms with Crippen molar-refractivity contribution in [1.29, 1.82) is 0 Å². The number of hydrogen-bond acceptors (Lipinski definition) is 5. The molecule has 0 bridgehead atoms. The molecule has 6 nitrogen and oxygen atoms in total. The summed E-state index contributed by atoms with van der Waals surface area (Å²) in [5, 5.41) is 2.83. The Kier molecular flexibility index (Phi) is 7.42. The van der Waals surface area contributed by atoms with Crippen LogP contribution in [0.4, 0.5) is 4.79 Å². The van der Waals surface area contributed by atoms with Gasteiger partial charge in [0.05, 0.1) is 0 Å². The van der Waals surface area contributed by atoms with Gasteiger partial charge in [-0.3, -0.25) is 4.90 Å². The number of piperazine rings is 1. The van der Waals surface area contributed by atoms with Crippen LogP contribution in [-0.4, -0.2) is 73.3 Å². The van der Waals surface area contributed by atoms with Crippen LogP contribution in [-0.2, 0) is 4.74 Å². The maximum absolute atomic E-state index is 11.7. The molecule has 1 amide bonds. The van der Waals surface area contributed by atoms with Crippen LogP contribution in [0.2, 0.25) is 0 Å². The monoisotopic (exact) mass is 300 g/mol. The van der Waals surface area contributed by atoms with Crippen LogP contribution in [0.5, 0.6) is 0 Å². The molecule has 0 spiro atoms. The van der Waals surface area contributed by atoms with Crippen LogP contribution in [0.3, 0.4) is 0 Å². The zero-order valence-electron chi connectivity index (χ0n) is 14.0. The van der Waals surface area contributed by atoms with Gasteiger partial charge in [-0.05, 0) is 33.7 Å². The van der Waals surface area contributed by atoms with Crippen LogP contribution in [0.1, 0.15) is 34.1 Å². The number of carbonyl (C=O) groups excluding carboxylic acids is 1. The van der Waals surface area contributed by atoms with Gasteiger partial charge in [0.2, 0.25) is 0 Å². The van der Waals surface area contributed by atoms with Gasteiger partial charge in [-0.15, -0.1) is 0 Å². The highest BCUT2D eigenvalue weighted by Gasteiger charge is 2.24. The predicted octanol–water partition coefficient (Wildman–Crippen LogP) is 0.866. The zero-order chi connectivity index (χ0) is 15.9. The summed E-state index contributed by atoms with van der Waals surface area (Å²) in [6.45, 7) is 14.2. The molecule has 1 saturated heterocycles. The molecule has 0 radical (unpaired) electrons. The number of nitrogens with one attached hydrogen (secondary N) is 1. The van der Waals surface area contributed by atoms with Crippen molar-refractivity contribution in [2.24, 2.45) is 5.73 Å². The molecule has 3 N–H and O–H groups in total. The molecule has 1 aliphatic heterocycles. The van der Waals surface area contributed by atoms with E-state index in [4.69, 9.17) is 10.5 Å². The summed E-state index contributed by atoms with van der Waals surface area (Å²) in [5.74, 6) is 0. The highest BCUT2D eigenvalue weighted by atomic mass is 16.6. The minimum atomic E-state index is -0.464. The molecule has 1 unspecified atom stereocenters. The molecule has 21 heavy (non-hydrogen) atoms. The molecule has 0 aromatic carbocycles. The molecule has 0 aliphatic carbocycles. The highest BCUT2D eigenvalue weighted by Crippen LogP contribution is 2.08. The molecule has 1 fully saturated rings. The van der Waals surface area contributed by atoms with Crippen molar-refractivity contribution in [2.45, 2.75) is 45.8 Å². The fourth-order valence-corrected chi connectivity index (χ4v) is 2.55. The minimum absolute atomic E-state index is 0.182. The summed E-state index contributed by atoms with van der Waals surface area (Å²) in [4.78, 5) is 16.5. The third kappa shape index (κ3) is 7.11. The highest BCUT2D eigenvalue weighted by molar-refractivity contribution is 5.67. The van der Waals surface area contributed by atoms with Crippen molar-refractivity contribution in [3.05, 3.63) is 0 Å². The maximum Gasteiger partial charge on any atom is 0.407 e. The molecule has 1 aliphatic rings. The summed E-state index contributed by atoms with van der Waals surface area (Å²) in [6, 6.07) is 0.182. The van der Waals surface area contributed by atoms with Crippen LogP contribution in [0.25, 0.3) is 0 Å². The Labute approximate surface area is 129 Å². The zero-order valence-corrected chi connectivity index (χ0v) is 14.0. The number of amides is 1. The average Bonchev–Trinajstić information content (AvgIpc) is 2.39. The van der Waals surface area contributed by atoms with Gasteiger partial charge >= 0.3 is 6.09 Å². The molecular weight excluding hydrogens is 268 g/mol. The van der Waals surface area contributed by atoms with Gasteiger partial charge in [0.25, 0.3) is 0 Å². The molecule has 6 heteroatoms. The van der Waals surface area contributed by atoms with E-state index in [1.165, 1.54) is 6.42 Å². The Bertz CT molecular complexity index is 309. The minimum Gasteiger partial charge on any atom is -0.444 e. The van der Waals surface area contributed by atoms with Crippen LogP contribution < -0.4 is 11.1 Å². The number of nitrogens with two attached hydrogens (primary N) is 1. The normalized spacial score (nSPS) is 19.3. The number of alkyl carbamates (subject to hydrolysis) is 1. The lowest BCUT2D eigenvalue weighted by Crippen LogP contribution is -2.55. The van der Waals surface area contributed by atoms with E-state index in [0.717, 1.165) is 32.7 Å². The van der Waals surface area contributed by atoms with Crippen molar-refractivity contribution in [2.75, 3.05) is 45.8 Å². The van der Waals surface area contributed by atoms with Gasteiger partial charge < -0.3 is 20.7 Å². The van der Waals surface area contributed by atoms with Gasteiger partial charge in [0, 0.05) is 45.3 Å². The first kappa shape index (κ1) is 18.2. The fourth-order valence-electron chi connectivity index (χ4n) is 2.55. The third-order valence-electron chi connectivity index (χ3n) is 3.62. The summed E-state index contributed by atoms with van der Waals surface area (Å²) >= 11 is 0. The Morgan fingerprint density at radius 2 is 1.90 bits per heavy atom. The Hall–Kier alpha value is -0.850. The number of rotatable bonds is 6. The lowest BCUT2D eigenvalue weighted by atomic mass is 10.2. The second-order valence-corrected chi connectivity index (χ2v) is 6.65. The van der Waals surface area contributed by atoms with E-state index in [1.54, 1.807) is 0 Å². The summed E-state index contributed by atoms with van der Waals surface area (Å²) in [5.41, 5.74) is 5.40. The standard InChI is InChI=1S/C15H32N4O2/c1-5-6-18-7-9-19(10-8-18)13(11-16)12-17-14(20)21-15(2,3)4/h13H,5-12,16H2,1-4H3,(H,17,20).